The van der Waals surface area contributed by atoms with Crippen LogP contribution in [0.25, 0.3) is 0 Å². The molecule has 1 amide bonds. The van der Waals surface area contributed by atoms with Gasteiger partial charge in [0.05, 0.1) is 6.61 Å². The number of amides is 1. The van der Waals surface area contributed by atoms with Crippen LogP contribution in [0.15, 0.2) is 24.3 Å². The molecule has 3 nitrogen and oxygen atoms in total. The Balaban J connectivity index is 2.71. The van der Waals surface area contributed by atoms with Crippen molar-refractivity contribution >= 4 is 5.91 Å². The Morgan fingerprint density at radius 3 is 2.65 bits per heavy atom. The van der Waals surface area contributed by atoms with E-state index in [1.165, 1.54) is 0 Å². The van der Waals surface area contributed by atoms with Crippen LogP contribution in [0.5, 0.6) is 0 Å². The first-order valence-corrected chi connectivity index (χ1v) is 5.93. The summed E-state index contributed by atoms with van der Waals surface area (Å²) in [7, 11) is 1.65. The number of hydrogen-bond donors (Lipinski definition) is 1. The number of benzene rings is 1. The van der Waals surface area contributed by atoms with E-state index in [4.69, 9.17) is 4.74 Å². The van der Waals surface area contributed by atoms with Gasteiger partial charge in [0.1, 0.15) is 0 Å². The first kappa shape index (κ1) is 13.7. The SMILES string of the molecule is COCc1cccc(C(=O)NC(C)C(C)C)c1. The molecule has 1 unspecified atom stereocenters. The van der Waals surface area contributed by atoms with Crippen LogP contribution < -0.4 is 5.32 Å². The summed E-state index contributed by atoms with van der Waals surface area (Å²) >= 11 is 0. The maximum atomic E-state index is 12.0. The van der Waals surface area contributed by atoms with Gasteiger partial charge in [-0.15, -0.1) is 0 Å². The lowest BCUT2D eigenvalue weighted by atomic mass is 10.1. The Bertz CT molecular complexity index is 374. The molecule has 0 saturated carbocycles. The zero-order valence-electron chi connectivity index (χ0n) is 11.0. The van der Waals surface area contributed by atoms with E-state index < -0.39 is 0 Å². The Morgan fingerprint density at radius 1 is 1.35 bits per heavy atom. The van der Waals surface area contributed by atoms with Crippen molar-refractivity contribution in [3.05, 3.63) is 35.4 Å². The minimum Gasteiger partial charge on any atom is -0.380 e. The topological polar surface area (TPSA) is 38.3 Å². The largest absolute Gasteiger partial charge is 0.380 e. The first-order valence-electron chi connectivity index (χ1n) is 5.93. The van der Waals surface area contributed by atoms with E-state index in [1.54, 1.807) is 7.11 Å². The quantitative estimate of drug-likeness (QED) is 0.852. The standard InChI is InChI=1S/C14H21NO2/c1-10(2)11(3)15-14(16)13-7-5-6-12(8-13)9-17-4/h5-8,10-11H,9H2,1-4H3,(H,15,16). The molecule has 0 aliphatic carbocycles. The Hall–Kier alpha value is -1.35. The minimum absolute atomic E-state index is 0.0239. The van der Waals surface area contributed by atoms with E-state index in [-0.39, 0.29) is 11.9 Å². The number of carbonyl (C=O) groups is 1. The molecule has 0 fully saturated rings. The monoisotopic (exact) mass is 235 g/mol. The first-order chi connectivity index (χ1) is 8.04. The summed E-state index contributed by atoms with van der Waals surface area (Å²) in [6.07, 6.45) is 0. The molecular formula is C14H21NO2. The summed E-state index contributed by atoms with van der Waals surface area (Å²) in [6, 6.07) is 7.69. The van der Waals surface area contributed by atoms with Crippen LogP contribution in [0.3, 0.4) is 0 Å². The van der Waals surface area contributed by atoms with Crippen LogP contribution in [-0.4, -0.2) is 19.1 Å². The van der Waals surface area contributed by atoms with Crippen molar-refractivity contribution in [1.82, 2.24) is 5.32 Å². The van der Waals surface area contributed by atoms with Crippen molar-refractivity contribution in [1.29, 1.82) is 0 Å². The van der Waals surface area contributed by atoms with Crippen LogP contribution in [0.2, 0.25) is 0 Å². The molecule has 0 saturated heterocycles. The fourth-order valence-electron chi connectivity index (χ4n) is 1.43. The fourth-order valence-corrected chi connectivity index (χ4v) is 1.43. The van der Waals surface area contributed by atoms with Crippen molar-refractivity contribution < 1.29 is 9.53 Å². The number of nitrogens with one attached hydrogen (secondary N) is 1. The normalized spacial score (nSPS) is 12.5. The third kappa shape index (κ3) is 4.19. The lowest BCUT2D eigenvalue weighted by molar-refractivity contribution is 0.0930. The summed E-state index contributed by atoms with van der Waals surface area (Å²) in [6.45, 7) is 6.72. The number of ether oxygens (including phenoxy) is 1. The summed E-state index contributed by atoms with van der Waals surface area (Å²) in [5, 5.41) is 2.99. The van der Waals surface area contributed by atoms with Gasteiger partial charge in [-0.1, -0.05) is 26.0 Å². The van der Waals surface area contributed by atoms with Gasteiger partial charge in [-0.2, -0.15) is 0 Å². The molecule has 0 aliphatic heterocycles. The predicted octanol–water partition coefficient (Wildman–Crippen LogP) is 2.61. The third-order valence-corrected chi connectivity index (χ3v) is 2.86. The highest BCUT2D eigenvalue weighted by atomic mass is 16.5. The van der Waals surface area contributed by atoms with Crippen molar-refractivity contribution in [2.45, 2.75) is 33.4 Å². The number of rotatable bonds is 5. The zero-order valence-corrected chi connectivity index (χ0v) is 11.0. The van der Waals surface area contributed by atoms with Crippen molar-refractivity contribution in [3.63, 3.8) is 0 Å². The molecule has 0 heterocycles. The molecule has 17 heavy (non-hydrogen) atoms. The summed E-state index contributed by atoms with van der Waals surface area (Å²) < 4.78 is 5.05. The smallest absolute Gasteiger partial charge is 0.251 e. The number of hydrogen-bond acceptors (Lipinski definition) is 2. The molecule has 1 rings (SSSR count). The Morgan fingerprint density at radius 2 is 2.06 bits per heavy atom. The number of methoxy groups -OCH3 is 1. The van der Waals surface area contributed by atoms with E-state index in [0.29, 0.717) is 18.1 Å². The van der Waals surface area contributed by atoms with Crippen LogP contribution in [-0.2, 0) is 11.3 Å². The van der Waals surface area contributed by atoms with E-state index in [1.807, 2.05) is 31.2 Å². The van der Waals surface area contributed by atoms with E-state index >= 15 is 0 Å². The van der Waals surface area contributed by atoms with Crippen molar-refractivity contribution in [3.8, 4) is 0 Å². The minimum atomic E-state index is -0.0239. The van der Waals surface area contributed by atoms with Crippen molar-refractivity contribution in [2.24, 2.45) is 5.92 Å². The number of carbonyl (C=O) groups excluding carboxylic acids is 1. The molecule has 1 atom stereocenters. The second-order valence-electron chi connectivity index (χ2n) is 4.64. The Kier molecular flexibility index (Phi) is 5.16. The summed E-state index contributed by atoms with van der Waals surface area (Å²) in [5.74, 6) is 0.408. The molecule has 1 aromatic rings. The third-order valence-electron chi connectivity index (χ3n) is 2.86. The van der Waals surface area contributed by atoms with Gasteiger partial charge in [0.2, 0.25) is 0 Å². The van der Waals surface area contributed by atoms with Gasteiger partial charge in [0.15, 0.2) is 0 Å². The molecule has 0 aliphatic rings. The molecule has 0 bridgehead atoms. The van der Waals surface area contributed by atoms with Crippen LogP contribution in [0, 0.1) is 5.92 Å². The highest BCUT2D eigenvalue weighted by molar-refractivity contribution is 5.94. The second kappa shape index (κ2) is 6.40. The van der Waals surface area contributed by atoms with Gasteiger partial charge in [0.25, 0.3) is 5.91 Å². The van der Waals surface area contributed by atoms with Crippen LogP contribution in [0.4, 0.5) is 0 Å². The van der Waals surface area contributed by atoms with Gasteiger partial charge < -0.3 is 10.1 Å². The molecule has 94 valence electrons. The molecule has 3 heteroatoms. The molecule has 0 aromatic heterocycles. The maximum Gasteiger partial charge on any atom is 0.251 e. The fraction of sp³-hybridized carbons (Fsp3) is 0.500. The molecule has 0 radical (unpaired) electrons. The lowest BCUT2D eigenvalue weighted by Crippen LogP contribution is -2.36. The predicted molar refractivity (Wildman–Crippen MR) is 68.9 cm³/mol. The highest BCUT2D eigenvalue weighted by Crippen LogP contribution is 2.08. The van der Waals surface area contributed by atoms with Crippen LogP contribution >= 0.6 is 0 Å². The van der Waals surface area contributed by atoms with E-state index in [2.05, 4.69) is 19.2 Å². The summed E-state index contributed by atoms with van der Waals surface area (Å²) in [4.78, 5) is 12.0. The molecule has 0 spiro atoms. The Labute approximate surface area is 103 Å². The highest BCUT2D eigenvalue weighted by Gasteiger charge is 2.12. The van der Waals surface area contributed by atoms with Gasteiger partial charge in [-0.05, 0) is 30.5 Å². The molecular weight excluding hydrogens is 214 g/mol. The van der Waals surface area contributed by atoms with E-state index in [9.17, 15) is 4.79 Å². The molecule has 1 N–H and O–H groups in total. The lowest BCUT2D eigenvalue weighted by Gasteiger charge is -2.17. The average molecular weight is 235 g/mol. The average Bonchev–Trinajstić information content (AvgIpc) is 2.29. The van der Waals surface area contributed by atoms with Gasteiger partial charge in [0, 0.05) is 18.7 Å². The molecule has 1 aromatic carbocycles. The van der Waals surface area contributed by atoms with Crippen molar-refractivity contribution in [2.75, 3.05) is 7.11 Å². The van der Waals surface area contributed by atoms with E-state index in [0.717, 1.165) is 5.56 Å². The van der Waals surface area contributed by atoms with Gasteiger partial charge in [-0.3, -0.25) is 4.79 Å². The zero-order chi connectivity index (χ0) is 12.8. The second-order valence-corrected chi connectivity index (χ2v) is 4.64. The van der Waals surface area contributed by atoms with Crippen LogP contribution in [0.1, 0.15) is 36.7 Å². The summed E-state index contributed by atoms with van der Waals surface area (Å²) in [5.41, 5.74) is 1.70. The van der Waals surface area contributed by atoms with Gasteiger partial charge in [-0.25, -0.2) is 0 Å². The van der Waals surface area contributed by atoms with Gasteiger partial charge >= 0.3 is 0 Å². The maximum absolute atomic E-state index is 12.0.